The second-order valence-electron chi connectivity index (χ2n) is 9.40. The first-order valence-electron chi connectivity index (χ1n) is 10.5. The lowest BCUT2D eigenvalue weighted by Gasteiger charge is -2.60. The van der Waals surface area contributed by atoms with Crippen molar-refractivity contribution in [2.24, 2.45) is 17.3 Å². The smallest absolute Gasteiger partial charge is 0.312 e. The highest BCUT2D eigenvalue weighted by atomic mass is 16.5. The highest BCUT2D eigenvalue weighted by Crippen LogP contribution is 2.62. The molecule has 0 spiro atoms. The molecule has 0 radical (unpaired) electrons. The molecule has 0 aromatic heterocycles. The van der Waals surface area contributed by atoms with E-state index >= 15 is 0 Å². The number of esters is 1. The number of nitrogens with zero attached hydrogens (tertiary/aromatic N) is 1. The Balaban J connectivity index is 1.46. The summed E-state index contributed by atoms with van der Waals surface area (Å²) in [7, 11) is 0. The number of nitrogens with one attached hydrogen (secondary N) is 2. The van der Waals surface area contributed by atoms with Gasteiger partial charge in [0.15, 0.2) is 6.10 Å². The predicted octanol–water partition coefficient (Wildman–Crippen LogP) is 2.90. The minimum absolute atomic E-state index is 0.0654. The van der Waals surface area contributed by atoms with Crippen LogP contribution in [0.3, 0.4) is 0 Å². The molecular weight excluding hydrogens is 382 g/mol. The van der Waals surface area contributed by atoms with E-state index in [1.54, 1.807) is 31.2 Å². The molecule has 2 amide bonds. The molecule has 1 aromatic rings. The van der Waals surface area contributed by atoms with Gasteiger partial charge in [-0.3, -0.25) is 14.4 Å². The molecule has 7 nitrogen and oxygen atoms in total. The minimum Gasteiger partial charge on any atom is -0.452 e. The van der Waals surface area contributed by atoms with Crippen LogP contribution in [0.2, 0.25) is 0 Å². The number of hydrogen-bond acceptors (Lipinski definition) is 5. The molecule has 5 rings (SSSR count). The van der Waals surface area contributed by atoms with Crippen LogP contribution in [0.25, 0.3) is 0 Å². The van der Waals surface area contributed by atoms with Crippen molar-refractivity contribution in [3.8, 4) is 6.07 Å². The van der Waals surface area contributed by atoms with Gasteiger partial charge in [-0.1, -0.05) is 12.1 Å². The summed E-state index contributed by atoms with van der Waals surface area (Å²) in [5, 5.41) is 15.0. The predicted molar refractivity (Wildman–Crippen MR) is 109 cm³/mol. The standard InChI is InChI=1S/C23H27N3O4/c1-14(20(28)25-19-6-4-3-5-18(19)12-24)30-21(29)22-8-16-7-17(9-22)11-23(10-16,13-22)26-15(2)27/h3-6,14,16-17H,7-11,13H2,1-2H3,(H,25,28)(H,26,27)/t14-,16-,17+,22?,23?/m0/s1. The zero-order chi connectivity index (χ0) is 21.5. The molecule has 2 unspecified atom stereocenters. The van der Waals surface area contributed by atoms with Crippen LogP contribution in [0.1, 0.15) is 57.9 Å². The van der Waals surface area contributed by atoms with E-state index in [1.165, 1.54) is 6.92 Å². The largest absolute Gasteiger partial charge is 0.452 e. The molecule has 4 saturated carbocycles. The van der Waals surface area contributed by atoms with E-state index in [4.69, 9.17) is 4.74 Å². The molecule has 2 N–H and O–H groups in total. The molecule has 0 saturated heterocycles. The van der Waals surface area contributed by atoms with Crippen LogP contribution in [-0.2, 0) is 19.1 Å². The van der Waals surface area contributed by atoms with Crippen LogP contribution in [-0.4, -0.2) is 29.4 Å². The Hall–Kier alpha value is -2.88. The molecule has 4 aliphatic rings. The molecule has 0 heterocycles. The van der Waals surface area contributed by atoms with Crippen LogP contribution < -0.4 is 10.6 Å². The van der Waals surface area contributed by atoms with Gasteiger partial charge in [0.2, 0.25) is 5.91 Å². The van der Waals surface area contributed by atoms with E-state index < -0.39 is 17.4 Å². The molecule has 7 heteroatoms. The number of nitriles is 1. The lowest BCUT2D eigenvalue weighted by molar-refractivity contribution is -0.181. The van der Waals surface area contributed by atoms with Crippen molar-refractivity contribution < 1.29 is 19.1 Å². The van der Waals surface area contributed by atoms with Gasteiger partial charge in [-0.2, -0.15) is 5.26 Å². The zero-order valence-electron chi connectivity index (χ0n) is 17.4. The lowest BCUT2D eigenvalue weighted by atomic mass is 9.47. The van der Waals surface area contributed by atoms with Crippen molar-refractivity contribution in [3.05, 3.63) is 29.8 Å². The van der Waals surface area contributed by atoms with E-state index in [0.29, 0.717) is 29.5 Å². The number of carbonyl (C=O) groups is 3. The van der Waals surface area contributed by atoms with Crippen molar-refractivity contribution >= 4 is 23.5 Å². The Bertz CT molecular complexity index is 921. The van der Waals surface area contributed by atoms with Gasteiger partial charge >= 0.3 is 5.97 Å². The monoisotopic (exact) mass is 409 g/mol. The summed E-state index contributed by atoms with van der Waals surface area (Å²) in [6, 6.07) is 8.73. The van der Waals surface area contributed by atoms with Crippen molar-refractivity contribution in [1.29, 1.82) is 5.26 Å². The highest BCUT2D eigenvalue weighted by Gasteiger charge is 2.61. The third kappa shape index (κ3) is 3.67. The number of para-hydroxylation sites is 1. The number of benzene rings is 1. The van der Waals surface area contributed by atoms with Crippen molar-refractivity contribution in [2.45, 2.75) is 64.0 Å². The summed E-state index contributed by atoms with van der Waals surface area (Å²) in [6.07, 6.45) is 4.05. The summed E-state index contributed by atoms with van der Waals surface area (Å²) in [5.41, 5.74) is -0.215. The van der Waals surface area contributed by atoms with E-state index in [0.717, 1.165) is 32.1 Å². The van der Waals surface area contributed by atoms with Crippen LogP contribution >= 0.6 is 0 Å². The van der Waals surface area contributed by atoms with E-state index in [2.05, 4.69) is 10.6 Å². The summed E-state index contributed by atoms with van der Waals surface area (Å²) in [5.74, 6) is -0.0751. The summed E-state index contributed by atoms with van der Waals surface area (Å²) in [4.78, 5) is 37.6. The minimum atomic E-state index is -0.978. The first kappa shape index (κ1) is 20.4. The fourth-order valence-electron chi connectivity index (χ4n) is 6.28. The Morgan fingerprint density at radius 3 is 2.47 bits per heavy atom. The van der Waals surface area contributed by atoms with Gasteiger partial charge in [0.1, 0.15) is 6.07 Å². The number of rotatable bonds is 5. The van der Waals surface area contributed by atoms with Crippen molar-refractivity contribution in [2.75, 3.05) is 5.32 Å². The molecule has 0 aliphatic heterocycles. The summed E-state index contributed by atoms with van der Waals surface area (Å²) < 4.78 is 5.65. The van der Waals surface area contributed by atoms with Gasteiger partial charge in [-0.25, -0.2) is 0 Å². The van der Waals surface area contributed by atoms with E-state index in [9.17, 15) is 19.6 Å². The van der Waals surface area contributed by atoms with Gasteiger partial charge in [-0.05, 0) is 69.4 Å². The lowest BCUT2D eigenvalue weighted by Crippen LogP contribution is -2.65. The summed E-state index contributed by atoms with van der Waals surface area (Å²) in [6.45, 7) is 3.07. The third-order valence-corrected chi connectivity index (χ3v) is 6.89. The summed E-state index contributed by atoms with van der Waals surface area (Å²) >= 11 is 0. The quantitative estimate of drug-likeness (QED) is 0.727. The van der Waals surface area contributed by atoms with Gasteiger partial charge in [-0.15, -0.1) is 0 Å². The molecule has 4 fully saturated rings. The number of carbonyl (C=O) groups excluding carboxylic acids is 3. The second-order valence-corrected chi connectivity index (χ2v) is 9.40. The Kier molecular flexibility index (Phi) is 5.05. The average molecular weight is 409 g/mol. The number of ether oxygens (including phenoxy) is 1. The van der Waals surface area contributed by atoms with Crippen molar-refractivity contribution in [1.82, 2.24) is 5.32 Å². The topological polar surface area (TPSA) is 108 Å². The third-order valence-electron chi connectivity index (χ3n) is 6.89. The Labute approximate surface area is 176 Å². The molecule has 1 aromatic carbocycles. The number of hydrogen-bond donors (Lipinski definition) is 2. The molecule has 4 aliphatic carbocycles. The fraction of sp³-hybridized carbons (Fsp3) is 0.565. The van der Waals surface area contributed by atoms with E-state index in [-0.39, 0.29) is 17.4 Å². The van der Waals surface area contributed by atoms with Crippen LogP contribution in [0.15, 0.2) is 24.3 Å². The Morgan fingerprint density at radius 1 is 1.17 bits per heavy atom. The van der Waals surface area contributed by atoms with Gasteiger partial charge in [0, 0.05) is 12.5 Å². The maximum absolute atomic E-state index is 13.2. The van der Waals surface area contributed by atoms with Gasteiger partial charge in [0.05, 0.1) is 16.7 Å². The highest BCUT2D eigenvalue weighted by molar-refractivity contribution is 5.96. The molecule has 158 valence electrons. The second kappa shape index (κ2) is 7.42. The van der Waals surface area contributed by atoms with Crippen LogP contribution in [0.5, 0.6) is 0 Å². The zero-order valence-corrected chi connectivity index (χ0v) is 17.4. The van der Waals surface area contributed by atoms with Crippen LogP contribution in [0.4, 0.5) is 5.69 Å². The molecule has 30 heavy (non-hydrogen) atoms. The molecular formula is C23H27N3O4. The molecule has 4 bridgehead atoms. The fourth-order valence-corrected chi connectivity index (χ4v) is 6.28. The molecule has 5 atom stereocenters. The number of amides is 2. The maximum atomic E-state index is 13.2. The van der Waals surface area contributed by atoms with Crippen molar-refractivity contribution in [3.63, 3.8) is 0 Å². The van der Waals surface area contributed by atoms with Gasteiger partial charge in [0.25, 0.3) is 5.91 Å². The first-order valence-corrected chi connectivity index (χ1v) is 10.5. The average Bonchev–Trinajstić information content (AvgIpc) is 2.66. The first-order chi connectivity index (χ1) is 14.2. The Morgan fingerprint density at radius 2 is 1.83 bits per heavy atom. The van der Waals surface area contributed by atoms with Gasteiger partial charge < -0.3 is 15.4 Å². The number of anilines is 1. The van der Waals surface area contributed by atoms with Crippen LogP contribution in [0, 0.1) is 28.6 Å². The van der Waals surface area contributed by atoms with E-state index in [1.807, 2.05) is 6.07 Å². The SMILES string of the molecule is CC(=O)NC12C[C@H]3C[C@@H](C1)CC(C(=O)O[C@@H](C)C(=O)Nc1ccccc1C#N)(C3)C2. The normalized spacial score (nSPS) is 32.0. The maximum Gasteiger partial charge on any atom is 0.312 e.